The first-order valence-electron chi connectivity index (χ1n) is 12.7. The van der Waals surface area contributed by atoms with Gasteiger partial charge in [0.15, 0.2) is 0 Å². The van der Waals surface area contributed by atoms with Crippen molar-refractivity contribution in [2.75, 3.05) is 15.8 Å². The second kappa shape index (κ2) is 13.2. The highest BCUT2D eigenvalue weighted by Gasteiger charge is 2.18. The summed E-state index contributed by atoms with van der Waals surface area (Å²) in [6.07, 6.45) is 2.80. The molecule has 0 aliphatic rings. The molecule has 0 fully saturated rings. The van der Waals surface area contributed by atoms with Gasteiger partial charge in [-0.1, -0.05) is 60.7 Å². The number of hydrogen-bond acceptors (Lipinski definition) is 12. The number of hydrazone groups is 2. The molecule has 5 aromatic rings. The number of hydrogen-bond donors (Lipinski definition) is 2. The zero-order valence-electron chi connectivity index (χ0n) is 22.3. The van der Waals surface area contributed by atoms with Crippen molar-refractivity contribution in [1.82, 2.24) is 15.0 Å². The highest BCUT2D eigenvalue weighted by atomic mass is 16.6. The molecule has 0 radical (unpaired) electrons. The molecular weight excluding hydrogens is 552 g/mol. The third-order valence-electron chi connectivity index (χ3n) is 5.77. The summed E-state index contributed by atoms with van der Waals surface area (Å²) in [5, 5.41) is 30.5. The molecule has 2 N–H and O–H groups in total. The number of nitro benzene ring substituents is 2. The molecular formula is C29H22N10O4. The van der Waals surface area contributed by atoms with Gasteiger partial charge in [0.1, 0.15) is 0 Å². The summed E-state index contributed by atoms with van der Waals surface area (Å²) in [5.41, 5.74) is 7.90. The Labute approximate surface area is 244 Å². The van der Waals surface area contributed by atoms with E-state index in [0.29, 0.717) is 11.1 Å². The molecule has 0 unspecified atom stereocenters. The number of nitrogens with zero attached hydrogens (tertiary/aromatic N) is 8. The van der Waals surface area contributed by atoms with Crippen LogP contribution in [-0.4, -0.2) is 37.2 Å². The number of nitro groups is 2. The average molecular weight is 575 g/mol. The van der Waals surface area contributed by atoms with E-state index in [1.165, 1.54) is 36.7 Å². The van der Waals surface area contributed by atoms with Gasteiger partial charge in [-0.05, 0) is 24.3 Å². The van der Waals surface area contributed by atoms with E-state index in [1.807, 2.05) is 65.6 Å². The molecule has 0 aliphatic heterocycles. The van der Waals surface area contributed by atoms with E-state index in [1.54, 1.807) is 24.3 Å². The molecule has 5 rings (SSSR count). The Morgan fingerprint density at radius 1 is 0.605 bits per heavy atom. The molecule has 43 heavy (non-hydrogen) atoms. The minimum atomic E-state index is -0.489. The van der Waals surface area contributed by atoms with Crippen LogP contribution in [-0.2, 0) is 0 Å². The third kappa shape index (κ3) is 7.34. The average Bonchev–Trinajstić information content (AvgIpc) is 3.02. The van der Waals surface area contributed by atoms with Crippen molar-refractivity contribution in [2.24, 2.45) is 10.2 Å². The van der Waals surface area contributed by atoms with E-state index in [-0.39, 0.29) is 29.2 Å². The quantitative estimate of drug-likeness (QED) is 0.107. The van der Waals surface area contributed by atoms with Crippen molar-refractivity contribution in [3.63, 3.8) is 0 Å². The van der Waals surface area contributed by atoms with Crippen molar-refractivity contribution < 1.29 is 9.85 Å². The van der Waals surface area contributed by atoms with Gasteiger partial charge in [0.25, 0.3) is 11.4 Å². The molecule has 212 valence electrons. The van der Waals surface area contributed by atoms with E-state index in [2.05, 4.69) is 36.0 Å². The van der Waals surface area contributed by atoms with E-state index in [9.17, 15) is 20.2 Å². The summed E-state index contributed by atoms with van der Waals surface area (Å²) in [5.74, 6) is 0.335. The molecule has 0 atom stereocenters. The minimum Gasteiger partial charge on any atom is -0.279 e. The van der Waals surface area contributed by atoms with Crippen LogP contribution >= 0.6 is 0 Å². The summed E-state index contributed by atoms with van der Waals surface area (Å²) >= 11 is 0. The number of benzene rings is 4. The van der Waals surface area contributed by atoms with E-state index in [0.717, 1.165) is 11.4 Å². The van der Waals surface area contributed by atoms with Crippen LogP contribution in [0.15, 0.2) is 119 Å². The zero-order valence-corrected chi connectivity index (χ0v) is 22.3. The Morgan fingerprint density at radius 2 is 1.05 bits per heavy atom. The predicted octanol–water partition coefficient (Wildman–Crippen LogP) is 6.05. The highest BCUT2D eigenvalue weighted by molar-refractivity contribution is 5.82. The van der Waals surface area contributed by atoms with Crippen LogP contribution in [0.25, 0.3) is 0 Å². The Kier molecular flexibility index (Phi) is 8.58. The van der Waals surface area contributed by atoms with Gasteiger partial charge in [-0.3, -0.25) is 25.1 Å². The smallest absolute Gasteiger partial charge is 0.270 e. The summed E-state index contributed by atoms with van der Waals surface area (Å²) in [4.78, 5) is 36.5. The monoisotopic (exact) mass is 574 g/mol. The van der Waals surface area contributed by atoms with Crippen molar-refractivity contribution >= 4 is 53.0 Å². The second-order valence-corrected chi connectivity index (χ2v) is 8.73. The predicted molar refractivity (Wildman–Crippen MR) is 163 cm³/mol. The lowest BCUT2D eigenvalue weighted by atomic mass is 10.2. The lowest BCUT2D eigenvalue weighted by Crippen LogP contribution is -2.16. The van der Waals surface area contributed by atoms with Crippen LogP contribution in [0.1, 0.15) is 11.1 Å². The molecule has 0 saturated carbocycles. The van der Waals surface area contributed by atoms with Gasteiger partial charge in [-0.25, -0.2) is 10.9 Å². The maximum atomic E-state index is 11.1. The van der Waals surface area contributed by atoms with Gasteiger partial charge in [0, 0.05) is 46.8 Å². The fraction of sp³-hybridized carbons (Fsp3) is 0. The van der Waals surface area contributed by atoms with Crippen molar-refractivity contribution in [3.05, 3.63) is 141 Å². The lowest BCUT2D eigenvalue weighted by Gasteiger charge is -2.23. The summed E-state index contributed by atoms with van der Waals surface area (Å²) in [7, 11) is 0. The molecule has 0 spiro atoms. The van der Waals surface area contributed by atoms with Gasteiger partial charge in [-0.15, -0.1) is 0 Å². The van der Waals surface area contributed by atoms with E-state index < -0.39 is 9.85 Å². The topological polar surface area (TPSA) is 177 Å². The summed E-state index contributed by atoms with van der Waals surface area (Å²) in [6.45, 7) is 0. The molecule has 1 heterocycles. The lowest BCUT2D eigenvalue weighted by molar-refractivity contribution is -0.385. The number of anilines is 5. The van der Waals surface area contributed by atoms with Gasteiger partial charge >= 0.3 is 0 Å². The Hall–Kier alpha value is -6.57. The van der Waals surface area contributed by atoms with Gasteiger partial charge in [-0.2, -0.15) is 25.2 Å². The first kappa shape index (κ1) is 28.0. The van der Waals surface area contributed by atoms with Crippen LogP contribution in [0, 0.1) is 20.2 Å². The normalized spacial score (nSPS) is 11.0. The highest BCUT2D eigenvalue weighted by Crippen LogP contribution is 2.32. The van der Waals surface area contributed by atoms with E-state index >= 15 is 0 Å². The number of non-ortho nitro benzene ring substituents is 2. The molecule has 14 heteroatoms. The molecule has 0 amide bonds. The van der Waals surface area contributed by atoms with Gasteiger partial charge in [0.05, 0.1) is 22.3 Å². The summed E-state index contributed by atoms with van der Waals surface area (Å²) < 4.78 is 0. The van der Waals surface area contributed by atoms with Crippen LogP contribution < -0.4 is 15.8 Å². The standard InChI is InChI=1S/C29H22N10O4/c40-38(41)25-15-7-9-21(17-25)19-30-35-27-32-28(36-31-20-22-10-8-16-26(18-22)39(42)43)34-29(33-27)37(23-11-3-1-4-12-23)24-13-5-2-6-14-24/h1-20H,(H2,32,33,34,35,36)/b30-19+,31-20+. The second-order valence-electron chi connectivity index (χ2n) is 8.73. The van der Waals surface area contributed by atoms with Crippen molar-refractivity contribution in [1.29, 1.82) is 0 Å². The van der Waals surface area contributed by atoms with Crippen LogP contribution in [0.3, 0.4) is 0 Å². The fourth-order valence-corrected chi connectivity index (χ4v) is 3.87. The Bertz CT molecular complexity index is 1670. The molecule has 0 saturated heterocycles. The first-order valence-corrected chi connectivity index (χ1v) is 12.7. The number of nitrogens with one attached hydrogen (secondary N) is 2. The largest absolute Gasteiger partial charge is 0.279 e. The molecule has 0 bridgehead atoms. The molecule has 4 aromatic carbocycles. The number of para-hydroxylation sites is 2. The Balaban J connectivity index is 1.49. The van der Waals surface area contributed by atoms with Gasteiger partial charge in [0.2, 0.25) is 17.8 Å². The molecule has 14 nitrogen and oxygen atoms in total. The minimum absolute atomic E-state index is 0.0524. The van der Waals surface area contributed by atoms with Crippen LogP contribution in [0.5, 0.6) is 0 Å². The fourth-order valence-electron chi connectivity index (χ4n) is 3.87. The SMILES string of the molecule is O=[N+]([O-])c1cccc(/C=N/Nc2nc(N/N=C/c3cccc([N+](=O)[O-])c3)nc(N(c3ccccc3)c3ccccc3)n2)c1. The number of rotatable bonds is 11. The zero-order chi connectivity index (χ0) is 30.0. The van der Waals surface area contributed by atoms with E-state index in [4.69, 9.17) is 0 Å². The van der Waals surface area contributed by atoms with Crippen LogP contribution in [0.2, 0.25) is 0 Å². The Morgan fingerprint density at radius 3 is 1.47 bits per heavy atom. The number of aromatic nitrogens is 3. The van der Waals surface area contributed by atoms with Crippen LogP contribution in [0.4, 0.5) is 40.6 Å². The molecule has 1 aromatic heterocycles. The third-order valence-corrected chi connectivity index (χ3v) is 5.77. The molecule has 0 aliphatic carbocycles. The van der Waals surface area contributed by atoms with Crippen molar-refractivity contribution in [2.45, 2.75) is 0 Å². The maximum absolute atomic E-state index is 11.1. The summed E-state index contributed by atoms with van der Waals surface area (Å²) in [6, 6.07) is 30.9. The van der Waals surface area contributed by atoms with Gasteiger partial charge < -0.3 is 0 Å². The maximum Gasteiger partial charge on any atom is 0.270 e. The van der Waals surface area contributed by atoms with Crippen molar-refractivity contribution in [3.8, 4) is 0 Å². The first-order chi connectivity index (χ1) is 21.0.